The highest BCUT2D eigenvalue weighted by Gasteiger charge is 2.28. The van der Waals surface area contributed by atoms with Gasteiger partial charge in [0.1, 0.15) is 12.4 Å². The van der Waals surface area contributed by atoms with E-state index in [1.54, 1.807) is 6.92 Å². The lowest BCUT2D eigenvalue weighted by atomic mass is 10.3. The van der Waals surface area contributed by atoms with Crippen molar-refractivity contribution in [1.82, 2.24) is 15.3 Å². The molecule has 0 bridgehead atoms. The van der Waals surface area contributed by atoms with Gasteiger partial charge in [-0.25, -0.2) is 9.97 Å². The number of carbonyl (C=O) groups excluding carboxylic acids is 1. The molecular weight excluding hydrogens is 252 g/mol. The van der Waals surface area contributed by atoms with Gasteiger partial charge in [0.2, 0.25) is 17.5 Å². The van der Waals surface area contributed by atoms with E-state index in [9.17, 15) is 14.9 Å². The van der Waals surface area contributed by atoms with Crippen LogP contribution in [0.5, 0.6) is 0 Å². The molecule has 1 aliphatic carbocycles. The van der Waals surface area contributed by atoms with Crippen LogP contribution < -0.4 is 16.4 Å². The number of nitrogen functional groups attached to an aromatic ring is 1. The maximum atomic E-state index is 11.7. The normalized spacial score (nSPS) is 15.6. The summed E-state index contributed by atoms with van der Waals surface area (Å²) in [4.78, 5) is 29.3. The maximum Gasteiger partial charge on any atom is 0.353 e. The number of carbonyl (C=O) groups is 1. The van der Waals surface area contributed by atoms with Gasteiger partial charge >= 0.3 is 5.69 Å². The van der Waals surface area contributed by atoms with Gasteiger partial charge in [-0.1, -0.05) is 0 Å². The van der Waals surface area contributed by atoms with Crippen molar-refractivity contribution in [3.63, 3.8) is 0 Å². The van der Waals surface area contributed by atoms with Gasteiger partial charge < -0.3 is 16.4 Å². The highest BCUT2D eigenvalue weighted by atomic mass is 16.6. The largest absolute Gasteiger partial charge is 0.378 e. The Hall–Kier alpha value is -2.45. The van der Waals surface area contributed by atoms with Gasteiger partial charge in [0.05, 0.1) is 4.92 Å². The van der Waals surface area contributed by atoms with Crippen LogP contribution in [-0.4, -0.2) is 32.9 Å². The van der Waals surface area contributed by atoms with Gasteiger partial charge in [0.25, 0.3) is 0 Å². The van der Waals surface area contributed by atoms with Crippen LogP contribution in [0.4, 0.5) is 17.3 Å². The number of hydrogen-bond acceptors (Lipinski definition) is 7. The fourth-order valence-corrected chi connectivity index (χ4v) is 1.50. The monoisotopic (exact) mass is 266 g/mol. The summed E-state index contributed by atoms with van der Waals surface area (Å²) < 4.78 is 0. The lowest BCUT2D eigenvalue weighted by Gasteiger charge is -2.14. The Morgan fingerprint density at radius 2 is 2.26 bits per heavy atom. The number of hydrogen-bond donors (Lipinski definition) is 3. The number of amides is 1. The first-order chi connectivity index (χ1) is 8.99. The zero-order valence-corrected chi connectivity index (χ0v) is 10.3. The zero-order chi connectivity index (χ0) is 14.0. The van der Waals surface area contributed by atoms with Gasteiger partial charge in [-0.3, -0.25) is 14.9 Å². The van der Waals surface area contributed by atoms with Crippen LogP contribution >= 0.6 is 0 Å². The Labute approximate surface area is 108 Å². The predicted octanol–water partition coefficient (Wildman–Crippen LogP) is 0.0460. The average Bonchev–Trinajstić information content (AvgIpc) is 3.12. The van der Waals surface area contributed by atoms with Crippen LogP contribution in [0.15, 0.2) is 6.33 Å². The molecule has 1 heterocycles. The van der Waals surface area contributed by atoms with Crippen molar-refractivity contribution >= 4 is 23.2 Å². The standard InChI is InChI=1S/C10H14N6O3/c1-5(10(17)15-6-2-3-6)14-9-7(16(18)19)8(11)12-4-13-9/h4-6H,2-3H2,1H3,(H,15,17)(H3,11,12,13,14). The average molecular weight is 266 g/mol. The highest BCUT2D eigenvalue weighted by molar-refractivity contribution is 5.85. The van der Waals surface area contributed by atoms with Crippen molar-refractivity contribution < 1.29 is 9.72 Å². The quantitative estimate of drug-likeness (QED) is 0.505. The molecule has 1 aromatic rings. The Bertz CT molecular complexity index is 516. The first kappa shape index (κ1) is 13.0. The van der Waals surface area contributed by atoms with E-state index in [-0.39, 0.29) is 23.6 Å². The topological polar surface area (TPSA) is 136 Å². The second-order valence-corrected chi connectivity index (χ2v) is 4.36. The molecule has 9 nitrogen and oxygen atoms in total. The summed E-state index contributed by atoms with van der Waals surface area (Å²) in [6, 6.07) is -0.421. The number of rotatable bonds is 5. The fourth-order valence-electron chi connectivity index (χ4n) is 1.50. The molecule has 0 aromatic carbocycles. The molecule has 4 N–H and O–H groups in total. The first-order valence-corrected chi connectivity index (χ1v) is 5.81. The molecule has 1 fully saturated rings. The van der Waals surface area contributed by atoms with E-state index in [0.717, 1.165) is 19.2 Å². The highest BCUT2D eigenvalue weighted by Crippen LogP contribution is 2.26. The zero-order valence-electron chi connectivity index (χ0n) is 10.3. The summed E-state index contributed by atoms with van der Waals surface area (Å²) in [6.07, 6.45) is 3.05. The third-order valence-corrected chi connectivity index (χ3v) is 2.70. The van der Waals surface area contributed by atoms with E-state index in [0.29, 0.717) is 0 Å². The Morgan fingerprint density at radius 3 is 2.84 bits per heavy atom. The molecule has 0 saturated heterocycles. The van der Waals surface area contributed by atoms with E-state index in [4.69, 9.17) is 5.73 Å². The Kier molecular flexibility index (Phi) is 3.45. The molecule has 1 atom stereocenters. The first-order valence-electron chi connectivity index (χ1n) is 5.81. The van der Waals surface area contributed by atoms with Gasteiger partial charge in [-0.05, 0) is 19.8 Å². The molecule has 19 heavy (non-hydrogen) atoms. The summed E-state index contributed by atoms with van der Waals surface area (Å²) in [5, 5.41) is 16.4. The summed E-state index contributed by atoms with van der Waals surface area (Å²) in [7, 11) is 0. The maximum absolute atomic E-state index is 11.7. The molecule has 1 unspecified atom stereocenters. The van der Waals surface area contributed by atoms with E-state index >= 15 is 0 Å². The summed E-state index contributed by atoms with van der Waals surface area (Å²) >= 11 is 0. The van der Waals surface area contributed by atoms with Gasteiger partial charge in [0, 0.05) is 6.04 Å². The lowest BCUT2D eigenvalue weighted by Crippen LogP contribution is -2.39. The van der Waals surface area contributed by atoms with Crippen LogP contribution in [0.1, 0.15) is 19.8 Å². The van der Waals surface area contributed by atoms with Crippen molar-refractivity contribution in [1.29, 1.82) is 0 Å². The molecule has 0 aliphatic heterocycles. The second-order valence-electron chi connectivity index (χ2n) is 4.36. The number of anilines is 2. The fraction of sp³-hybridized carbons (Fsp3) is 0.500. The molecule has 0 spiro atoms. The minimum absolute atomic E-state index is 0.0593. The number of nitro groups is 1. The van der Waals surface area contributed by atoms with E-state index in [1.165, 1.54) is 0 Å². The third-order valence-electron chi connectivity index (χ3n) is 2.70. The lowest BCUT2D eigenvalue weighted by molar-refractivity contribution is -0.383. The number of nitrogens with two attached hydrogens (primary N) is 1. The minimum atomic E-state index is -0.677. The van der Waals surface area contributed by atoms with Crippen LogP contribution in [-0.2, 0) is 4.79 Å². The van der Waals surface area contributed by atoms with E-state index in [1.807, 2.05) is 0 Å². The molecule has 1 saturated carbocycles. The molecule has 102 valence electrons. The Balaban J connectivity index is 2.11. The van der Waals surface area contributed by atoms with Gasteiger partial charge in [-0.15, -0.1) is 0 Å². The molecule has 2 rings (SSSR count). The van der Waals surface area contributed by atoms with E-state index in [2.05, 4.69) is 20.6 Å². The van der Waals surface area contributed by atoms with Gasteiger partial charge in [-0.2, -0.15) is 0 Å². The van der Waals surface area contributed by atoms with Crippen LogP contribution in [0, 0.1) is 10.1 Å². The SMILES string of the molecule is CC(Nc1ncnc(N)c1[N+](=O)[O-])C(=O)NC1CC1. The molecule has 0 radical (unpaired) electrons. The Morgan fingerprint density at radius 1 is 1.58 bits per heavy atom. The van der Waals surface area contributed by atoms with E-state index < -0.39 is 16.7 Å². The number of aromatic nitrogens is 2. The molecule has 1 aliphatic rings. The van der Waals surface area contributed by atoms with Crippen LogP contribution in [0.2, 0.25) is 0 Å². The summed E-state index contributed by atoms with van der Waals surface area (Å²) in [5.74, 6) is -0.526. The number of nitrogens with zero attached hydrogens (tertiary/aromatic N) is 3. The second kappa shape index (κ2) is 5.04. The van der Waals surface area contributed by atoms with Gasteiger partial charge in [0.15, 0.2) is 0 Å². The van der Waals surface area contributed by atoms with Crippen molar-refractivity contribution in [3.8, 4) is 0 Å². The van der Waals surface area contributed by atoms with Crippen LogP contribution in [0.3, 0.4) is 0 Å². The molecule has 9 heteroatoms. The smallest absolute Gasteiger partial charge is 0.353 e. The van der Waals surface area contributed by atoms with Crippen molar-refractivity contribution in [2.45, 2.75) is 31.8 Å². The molecular formula is C10H14N6O3. The summed E-state index contributed by atoms with van der Waals surface area (Å²) in [5.41, 5.74) is 5.01. The summed E-state index contributed by atoms with van der Waals surface area (Å²) in [6.45, 7) is 1.60. The van der Waals surface area contributed by atoms with Crippen molar-refractivity contribution in [3.05, 3.63) is 16.4 Å². The minimum Gasteiger partial charge on any atom is -0.378 e. The van der Waals surface area contributed by atoms with Crippen molar-refractivity contribution in [2.24, 2.45) is 0 Å². The van der Waals surface area contributed by atoms with Crippen molar-refractivity contribution in [2.75, 3.05) is 11.1 Å². The molecule has 1 amide bonds. The third kappa shape index (κ3) is 3.06. The predicted molar refractivity (Wildman–Crippen MR) is 67.3 cm³/mol. The van der Waals surface area contributed by atoms with Crippen LogP contribution in [0.25, 0.3) is 0 Å². The number of nitrogens with one attached hydrogen (secondary N) is 2. The molecule has 1 aromatic heterocycles.